The predicted octanol–water partition coefficient (Wildman–Crippen LogP) is 7.81. The molecular formula is C46H50N4O10S. The van der Waals surface area contributed by atoms with E-state index in [1.54, 1.807) is 21.3 Å². The van der Waals surface area contributed by atoms with E-state index in [9.17, 15) is 18.5 Å². The standard InChI is InChI=1S/C46H50N4O10S/c1-48-20-17-31-26-39(55-3)41-28-34(31)36(48)23-29-11-14-33(15-12-29)59-40-25-30(24-37-44-32(18-21-49(37)2)27-42(56-4)45(57-5)46(44)60-41)13-16-38(40)58-22-8-19-47-61(53,54)43-10-7-6-9-35(43)50(51)52/h6-7,9-16,25-28,36-37,47H,8,17-24H2,1-5H3/t36-,37+/m0/s1. The number of hydrogen-bond donors (Lipinski definition) is 1. The molecule has 5 aromatic rings. The van der Waals surface area contributed by atoms with Gasteiger partial charge < -0.3 is 28.4 Å². The molecule has 0 aromatic heterocycles. The summed E-state index contributed by atoms with van der Waals surface area (Å²) in [7, 11) is 5.08. The number of hydrogen-bond acceptors (Lipinski definition) is 12. The zero-order valence-electron chi connectivity index (χ0n) is 34.9. The number of methoxy groups -OCH3 is 3. The molecule has 15 heteroatoms. The number of nitro benzene ring substituents is 1. The third-order valence-electron chi connectivity index (χ3n) is 11.9. The van der Waals surface area contributed by atoms with Crippen molar-refractivity contribution in [3.63, 3.8) is 0 Å². The van der Waals surface area contributed by atoms with E-state index in [4.69, 9.17) is 28.4 Å². The van der Waals surface area contributed by atoms with Crippen LogP contribution in [0.2, 0.25) is 0 Å². The maximum Gasteiger partial charge on any atom is 0.289 e. The summed E-state index contributed by atoms with van der Waals surface area (Å²) >= 11 is 0. The molecule has 61 heavy (non-hydrogen) atoms. The van der Waals surface area contributed by atoms with Crippen LogP contribution < -0.4 is 33.1 Å². The Morgan fingerprint density at radius 1 is 0.770 bits per heavy atom. The van der Waals surface area contributed by atoms with Gasteiger partial charge in [-0.1, -0.05) is 30.3 Å². The molecular weight excluding hydrogens is 801 g/mol. The van der Waals surface area contributed by atoms with Crippen LogP contribution in [0.4, 0.5) is 5.69 Å². The second-order valence-corrected chi connectivity index (χ2v) is 17.3. The lowest BCUT2D eigenvalue weighted by atomic mass is 9.87. The van der Waals surface area contributed by atoms with Crippen LogP contribution >= 0.6 is 0 Å². The molecule has 0 unspecified atom stereocenters. The summed E-state index contributed by atoms with van der Waals surface area (Å²) in [6.07, 6.45) is 3.30. The van der Waals surface area contributed by atoms with Gasteiger partial charge in [-0.3, -0.25) is 19.9 Å². The van der Waals surface area contributed by atoms with E-state index >= 15 is 0 Å². The number of fused-ring (bicyclic) bond motifs is 2. The highest BCUT2D eigenvalue weighted by atomic mass is 32.2. The van der Waals surface area contributed by atoms with E-state index in [0.717, 1.165) is 54.6 Å². The largest absolute Gasteiger partial charge is 0.493 e. The number of benzene rings is 5. The first kappa shape index (κ1) is 41.8. The van der Waals surface area contributed by atoms with Gasteiger partial charge in [-0.05, 0) is 123 Å². The maximum absolute atomic E-state index is 13.0. The molecule has 4 aliphatic rings. The van der Waals surface area contributed by atoms with Gasteiger partial charge in [0.25, 0.3) is 5.69 Å². The van der Waals surface area contributed by atoms with Crippen LogP contribution in [-0.4, -0.2) is 84.8 Å². The number of sulfonamides is 1. The van der Waals surface area contributed by atoms with Crippen LogP contribution in [0.25, 0.3) is 0 Å². The normalized spacial score (nSPS) is 17.5. The quantitative estimate of drug-likeness (QED) is 0.0785. The Morgan fingerprint density at radius 2 is 1.44 bits per heavy atom. The minimum absolute atomic E-state index is 0.00331. The van der Waals surface area contributed by atoms with Gasteiger partial charge in [0.2, 0.25) is 15.8 Å². The van der Waals surface area contributed by atoms with Crippen molar-refractivity contribution in [2.45, 2.75) is 49.1 Å². The van der Waals surface area contributed by atoms with Gasteiger partial charge in [-0.25, -0.2) is 13.1 Å². The highest BCUT2D eigenvalue weighted by Gasteiger charge is 2.35. The van der Waals surface area contributed by atoms with Crippen molar-refractivity contribution < 1.29 is 41.8 Å². The van der Waals surface area contributed by atoms with E-state index < -0.39 is 20.6 Å². The van der Waals surface area contributed by atoms with E-state index in [2.05, 4.69) is 58.9 Å². The summed E-state index contributed by atoms with van der Waals surface area (Å²) < 4.78 is 66.3. The molecule has 0 radical (unpaired) electrons. The molecule has 1 N–H and O–H groups in total. The van der Waals surface area contributed by atoms with Gasteiger partial charge in [0.05, 0.1) is 32.9 Å². The smallest absolute Gasteiger partial charge is 0.289 e. The molecule has 2 atom stereocenters. The molecule has 4 heterocycles. The van der Waals surface area contributed by atoms with Crippen LogP contribution in [0.1, 0.15) is 51.9 Å². The summed E-state index contributed by atoms with van der Waals surface area (Å²) in [4.78, 5) is 15.1. The zero-order valence-corrected chi connectivity index (χ0v) is 35.8. The highest BCUT2D eigenvalue weighted by Crippen LogP contribution is 2.52. The van der Waals surface area contributed by atoms with Gasteiger partial charge in [0.15, 0.2) is 39.4 Å². The fourth-order valence-corrected chi connectivity index (χ4v) is 9.84. The molecule has 9 rings (SSSR count). The van der Waals surface area contributed by atoms with Gasteiger partial charge in [-0.2, -0.15) is 0 Å². The molecule has 0 saturated carbocycles. The number of nitrogens with one attached hydrogen (secondary N) is 1. The molecule has 0 aliphatic carbocycles. The molecule has 320 valence electrons. The molecule has 5 aromatic carbocycles. The minimum Gasteiger partial charge on any atom is -0.493 e. The van der Waals surface area contributed by atoms with Gasteiger partial charge in [0.1, 0.15) is 5.75 Å². The molecule has 0 saturated heterocycles. The second kappa shape index (κ2) is 17.6. The van der Waals surface area contributed by atoms with Crippen molar-refractivity contribution in [1.82, 2.24) is 14.5 Å². The number of para-hydroxylation sites is 1. The number of nitro groups is 1. The first-order valence-electron chi connectivity index (χ1n) is 20.3. The summed E-state index contributed by atoms with van der Waals surface area (Å²) in [6.45, 7) is 1.86. The highest BCUT2D eigenvalue weighted by molar-refractivity contribution is 7.89. The second-order valence-electron chi connectivity index (χ2n) is 15.6. The van der Waals surface area contributed by atoms with Crippen LogP contribution in [0.15, 0.2) is 89.8 Å². The molecule has 14 nitrogen and oxygen atoms in total. The van der Waals surface area contributed by atoms with Crippen molar-refractivity contribution in [2.24, 2.45) is 0 Å². The summed E-state index contributed by atoms with van der Waals surface area (Å²) in [5, 5.41) is 11.5. The van der Waals surface area contributed by atoms with Crippen LogP contribution in [0.5, 0.6) is 46.0 Å². The van der Waals surface area contributed by atoms with Gasteiger partial charge in [-0.15, -0.1) is 0 Å². The lowest BCUT2D eigenvalue weighted by molar-refractivity contribution is -0.387. The molecule has 0 fully saturated rings. The average Bonchev–Trinajstić information content (AvgIpc) is 3.26. The lowest BCUT2D eigenvalue weighted by Gasteiger charge is -2.37. The number of nitrogens with zero attached hydrogens (tertiary/aromatic N) is 3. The van der Waals surface area contributed by atoms with E-state index in [-0.39, 0.29) is 36.6 Å². The van der Waals surface area contributed by atoms with Crippen molar-refractivity contribution in [3.8, 4) is 46.0 Å². The SMILES string of the molecule is COc1cc2c3cc1Oc1c(OC)c(OC)cc4c1[C@@H](Cc1ccc(OCCCNS(=O)(=O)c5ccccc5[N+](=O)[O-])c(c1)Oc1ccc(cc1)C[C@@H]3N(C)CC2)N(C)CC4. The Morgan fingerprint density at radius 3 is 2.18 bits per heavy atom. The third kappa shape index (κ3) is 8.55. The van der Waals surface area contributed by atoms with Crippen molar-refractivity contribution in [2.75, 3.05) is 61.7 Å². The first-order chi connectivity index (χ1) is 29.5. The number of likely N-dealkylation sites (N-methyl/N-ethyl adjacent to an activating group) is 2. The monoisotopic (exact) mass is 850 g/mol. The molecule has 0 spiro atoms. The van der Waals surface area contributed by atoms with Crippen LogP contribution in [0.3, 0.4) is 0 Å². The van der Waals surface area contributed by atoms with Crippen molar-refractivity contribution in [3.05, 3.63) is 128 Å². The summed E-state index contributed by atoms with van der Waals surface area (Å²) in [6, 6.07) is 25.5. The topological polar surface area (TPSA) is 151 Å². The average molecular weight is 851 g/mol. The number of rotatable bonds is 11. The van der Waals surface area contributed by atoms with Crippen LogP contribution in [0, 0.1) is 10.1 Å². The van der Waals surface area contributed by atoms with E-state index in [1.165, 1.54) is 35.4 Å². The van der Waals surface area contributed by atoms with E-state index in [1.807, 2.05) is 30.3 Å². The fraction of sp³-hybridized carbons (Fsp3) is 0.348. The first-order valence-corrected chi connectivity index (χ1v) is 21.8. The van der Waals surface area contributed by atoms with Gasteiger partial charge >= 0.3 is 0 Å². The fourth-order valence-electron chi connectivity index (χ4n) is 8.60. The predicted molar refractivity (Wildman–Crippen MR) is 230 cm³/mol. The minimum atomic E-state index is -4.13. The summed E-state index contributed by atoms with van der Waals surface area (Å²) in [5.41, 5.74) is 6.15. The summed E-state index contributed by atoms with van der Waals surface area (Å²) in [5.74, 6) is 4.55. The van der Waals surface area contributed by atoms with Crippen molar-refractivity contribution in [1.29, 1.82) is 0 Å². The Bertz CT molecular complexity index is 2550. The zero-order chi connectivity index (χ0) is 42.8. The Labute approximate surface area is 356 Å². The van der Waals surface area contributed by atoms with E-state index in [0.29, 0.717) is 52.4 Å². The molecule has 4 aliphatic heterocycles. The Kier molecular flexibility index (Phi) is 12.1. The van der Waals surface area contributed by atoms with Gasteiger partial charge in [0, 0.05) is 43.3 Å². The molecule has 0 amide bonds. The number of ether oxygens (including phenoxy) is 6. The Hall–Kier alpha value is -5.87. The maximum atomic E-state index is 13.0. The van der Waals surface area contributed by atoms with Crippen molar-refractivity contribution >= 4 is 15.7 Å². The molecule has 6 bridgehead atoms. The Balaban J connectivity index is 1.15. The van der Waals surface area contributed by atoms with Crippen LogP contribution in [-0.2, 0) is 35.7 Å². The third-order valence-corrected chi connectivity index (χ3v) is 13.4. The lowest BCUT2D eigenvalue weighted by Crippen LogP contribution is -2.34.